The Labute approximate surface area is 186 Å². The zero-order chi connectivity index (χ0) is 21.8. The van der Waals surface area contributed by atoms with E-state index in [4.69, 9.17) is 4.74 Å². The summed E-state index contributed by atoms with van der Waals surface area (Å²) in [6.45, 7) is 2.28. The summed E-state index contributed by atoms with van der Waals surface area (Å²) in [4.78, 5) is 11.8. The summed E-state index contributed by atoms with van der Waals surface area (Å²) in [6, 6.07) is 9.05. The van der Waals surface area contributed by atoms with Crippen LogP contribution in [0.15, 0.2) is 30.3 Å². The molecule has 4 atom stereocenters. The maximum atomic E-state index is 15.0. The van der Waals surface area contributed by atoms with Gasteiger partial charge in [0.25, 0.3) is 0 Å². The third-order valence-corrected chi connectivity index (χ3v) is 8.01. The van der Waals surface area contributed by atoms with Crippen LogP contribution in [0.1, 0.15) is 99.4 Å². The van der Waals surface area contributed by atoms with Gasteiger partial charge in [-0.1, -0.05) is 57.6 Å². The van der Waals surface area contributed by atoms with Gasteiger partial charge in [-0.15, -0.1) is 0 Å². The third-order valence-electron chi connectivity index (χ3n) is 8.01. The van der Waals surface area contributed by atoms with E-state index in [1.807, 2.05) is 6.07 Å². The number of benzene rings is 2. The number of fused-ring (bicyclic) bond motifs is 2. The van der Waals surface area contributed by atoms with E-state index in [0.29, 0.717) is 16.9 Å². The lowest BCUT2D eigenvalue weighted by molar-refractivity contribution is 0.0601. The lowest BCUT2D eigenvalue weighted by atomic mass is 9.63. The van der Waals surface area contributed by atoms with Crippen molar-refractivity contribution in [2.75, 3.05) is 7.11 Å². The van der Waals surface area contributed by atoms with Gasteiger partial charge in [0.2, 0.25) is 0 Å². The Morgan fingerprint density at radius 3 is 2.61 bits per heavy atom. The van der Waals surface area contributed by atoms with Gasteiger partial charge >= 0.3 is 5.97 Å². The summed E-state index contributed by atoms with van der Waals surface area (Å²) in [5.41, 5.74) is 1.53. The largest absolute Gasteiger partial charge is 0.465 e. The topological polar surface area (TPSA) is 26.3 Å². The molecule has 0 heterocycles. The second-order valence-corrected chi connectivity index (χ2v) is 9.99. The van der Waals surface area contributed by atoms with E-state index in [0.717, 1.165) is 28.7 Å². The zero-order valence-electron chi connectivity index (χ0n) is 19.2. The fourth-order valence-electron chi connectivity index (χ4n) is 6.23. The van der Waals surface area contributed by atoms with Crippen molar-refractivity contribution in [2.24, 2.45) is 17.8 Å². The van der Waals surface area contributed by atoms with E-state index in [2.05, 4.69) is 13.0 Å². The van der Waals surface area contributed by atoms with Gasteiger partial charge in [0.05, 0.1) is 12.7 Å². The van der Waals surface area contributed by atoms with Crippen LogP contribution >= 0.6 is 0 Å². The quantitative estimate of drug-likeness (QED) is 0.332. The molecule has 2 aromatic carbocycles. The van der Waals surface area contributed by atoms with Gasteiger partial charge < -0.3 is 4.74 Å². The highest BCUT2D eigenvalue weighted by Crippen LogP contribution is 2.48. The van der Waals surface area contributed by atoms with Gasteiger partial charge in [-0.25, -0.2) is 9.18 Å². The molecule has 2 aliphatic rings. The Bertz CT molecular complexity index is 905. The number of rotatable bonds is 7. The molecule has 2 fully saturated rings. The third kappa shape index (κ3) is 5.13. The van der Waals surface area contributed by atoms with Crippen LogP contribution in [0.25, 0.3) is 10.8 Å². The first-order valence-electron chi connectivity index (χ1n) is 12.4. The van der Waals surface area contributed by atoms with Gasteiger partial charge in [-0.2, -0.15) is 0 Å². The molecule has 4 unspecified atom stereocenters. The number of esters is 1. The molecule has 0 amide bonds. The average Bonchev–Trinajstić information content (AvgIpc) is 2.80. The molecule has 2 saturated carbocycles. The highest BCUT2D eigenvalue weighted by Gasteiger charge is 2.36. The number of ether oxygens (including phenoxy) is 1. The summed E-state index contributed by atoms with van der Waals surface area (Å²) in [5, 5.41) is 1.38. The van der Waals surface area contributed by atoms with Gasteiger partial charge in [0.1, 0.15) is 5.82 Å². The van der Waals surface area contributed by atoms with Crippen LogP contribution in [0.5, 0.6) is 0 Å². The van der Waals surface area contributed by atoms with Crippen LogP contribution in [-0.4, -0.2) is 13.1 Å². The van der Waals surface area contributed by atoms with Crippen molar-refractivity contribution in [2.45, 2.75) is 83.5 Å². The highest BCUT2D eigenvalue weighted by atomic mass is 19.1. The number of hydrogen-bond donors (Lipinski definition) is 0. The molecule has 0 bridgehead atoms. The van der Waals surface area contributed by atoms with Crippen LogP contribution in [0.4, 0.5) is 4.39 Å². The van der Waals surface area contributed by atoms with Crippen molar-refractivity contribution in [1.82, 2.24) is 0 Å². The Balaban J connectivity index is 1.41. The molecule has 0 radical (unpaired) electrons. The molecule has 31 heavy (non-hydrogen) atoms. The summed E-state index contributed by atoms with van der Waals surface area (Å²) in [5.74, 6) is 2.44. The van der Waals surface area contributed by atoms with Gasteiger partial charge in [0.15, 0.2) is 0 Å². The van der Waals surface area contributed by atoms with Crippen LogP contribution in [0.3, 0.4) is 0 Å². The van der Waals surface area contributed by atoms with Crippen molar-refractivity contribution in [3.63, 3.8) is 0 Å². The van der Waals surface area contributed by atoms with Crippen molar-refractivity contribution in [3.05, 3.63) is 47.3 Å². The minimum atomic E-state index is -0.426. The Morgan fingerprint density at radius 2 is 1.81 bits per heavy atom. The van der Waals surface area contributed by atoms with Gasteiger partial charge in [-0.3, -0.25) is 0 Å². The molecule has 4 rings (SSSR count). The first-order chi connectivity index (χ1) is 15.1. The van der Waals surface area contributed by atoms with Crippen LogP contribution in [0.2, 0.25) is 0 Å². The monoisotopic (exact) mass is 424 g/mol. The van der Waals surface area contributed by atoms with Gasteiger partial charge in [0, 0.05) is 5.39 Å². The molecule has 2 aliphatic carbocycles. The standard InChI is InChI=1S/C28H37FO2/c1-3-4-5-6-7-19-8-9-21-15-22(11-10-20(21)14-19)25-16-23-12-13-24(28(30)31-2)17-26(23)27(29)18-25/h12-13,16-22H,3-11,14-15H2,1-2H3. The molecular formula is C28H37FO2. The molecule has 3 heteroatoms. The lowest BCUT2D eigenvalue weighted by Crippen LogP contribution is -2.30. The number of hydrogen-bond acceptors (Lipinski definition) is 2. The molecule has 0 saturated heterocycles. The number of unbranched alkanes of at least 4 members (excludes halogenated alkanes) is 3. The number of halogens is 1. The fraction of sp³-hybridized carbons (Fsp3) is 0.607. The summed E-state index contributed by atoms with van der Waals surface area (Å²) in [7, 11) is 1.35. The Hall–Kier alpha value is -1.90. The molecule has 0 N–H and O–H groups in total. The molecule has 2 nitrogen and oxygen atoms in total. The van der Waals surface area contributed by atoms with Crippen molar-refractivity contribution >= 4 is 16.7 Å². The van der Waals surface area contributed by atoms with Crippen molar-refractivity contribution in [1.29, 1.82) is 0 Å². The van der Waals surface area contributed by atoms with Crippen LogP contribution < -0.4 is 0 Å². The molecule has 0 aromatic heterocycles. The van der Waals surface area contributed by atoms with Crippen LogP contribution in [-0.2, 0) is 4.74 Å². The van der Waals surface area contributed by atoms with E-state index < -0.39 is 5.97 Å². The second kappa shape index (κ2) is 10.1. The second-order valence-electron chi connectivity index (χ2n) is 9.99. The maximum absolute atomic E-state index is 15.0. The van der Waals surface area contributed by atoms with E-state index in [1.165, 1.54) is 77.7 Å². The number of carbonyl (C=O) groups excluding carboxylic acids is 1. The normalized spacial score (nSPS) is 25.9. The maximum Gasteiger partial charge on any atom is 0.337 e. The SMILES string of the molecule is CCCCCCC1CCC2CC(c3cc(F)c4cc(C(=O)OC)ccc4c3)CCC2C1. The summed E-state index contributed by atoms with van der Waals surface area (Å²) < 4.78 is 19.7. The first-order valence-corrected chi connectivity index (χ1v) is 12.4. The number of methoxy groups -OCH3 is 1. The van der Waals surface area contributed by atoms with Crippen molar-refractivity contribution < 1.29 is 13.9 Å². The average molecular weight is 425 g/mol. The lowest BCUT2D eigenvalue weighted by Gasteiger charge is -2.42. The fourth-order valence-corrected chi connectivity index (χ4v) is 6.23. The smallest absolute Gasteiger partial charge is 0.337 e. The summed E-state index contributed by atoms with van der Waals surface area (Å²) in [6.07, 6.45) is 14.8. The van der Waals surface area contributed by atoms with E-state index in [9.17, 15) is 9.18 Å². The minimum Gasteiger partial charge on any atom is -0.465 e. The number of carbonyl (C=O) groups is 1. The summed E-state index contributed by atoms with van der Waals surface area (Å²) >= 11 is 0. The predicted molar refractivity (Wildman–Crippen MR) is 125 cm³/mol. The van der Waals surface area contributed by atoms with E-state index in [1.54, 1.807) is 18.2 Å². The molecule has 168 valence electrons. The predicted octanol–water partition coefficient (Wildman–Crippen LogP) is 8.04. The Kier molecular flexibility index (Phi) is 7.30. The minimum absolute atomic E-state index is 0.226. The van der Waals surface area contributed by atoms with E-state index in [-0.39, 0.29) is 5.82 Å². The van der Waals surface area contributed by atoms with Gasteiger partial charge in [-0.05, 0) is 84.9 Å². The van der Waals surface area contributed by atoms with Crippen molar-refractivity contribution in [3.8, 4) is 0 Å². The Morgan fingerprint density at radius 1 is 1.00 bits per heavy atom. The molecule has 2 aromatic rings. The van der Waals surface area contributed by atoms with E-state index >= 15 is 0 Å². The first kappa shape index (κ1) is 22.3. The molecule has 0 spiro atoms. The molecule has 0 aliphatic heterocycles. The molecular weight excluding hydrogens is 387 g/mol. The van der Waals surface area contributed by atoms with Crippen LogP contribution in [0, 0.1) is 23.6 Å². The zero-order valence-corrected chi connectivity index (χ0v) is 19.2. The highest BCUT2D eigenvalue weighted by molar-refractivity contribution is 5.95.